The molecule has 0 aliphatic rings. The van der Waals surface area contributed by atoms with E-state index in [0.29, 0.717) is 13.0 Å². The minimum absolute atomic E-state index is 0.0590. The molecule has 0 saturated carbocycles. The van der Waals surface area contributed by atoms with Gasteiger partial charge in [-0.2, -0.15) is 4.31 Å². The van der Waals surface area contributed by atoms with E-state index < -0.39 is 19.1 Å². The first-order chi connectivity index (χ1) is 9.14. The normalized spacial score (nSPS) is 14.4. The summed E-state index contributed by atoms with van der Waals surface area (Å²) in [7, 11) is -2.28. The van der Waals surface area contributed by atoms with Crippen molar-refractivity contribution in [2.75, 3.05) is 6.54 Å². The summed E-state index contributed by atoms with van der Waals surface area (Å²) >= 11 is 0. The molecule has 1 aromatic rings. The second kappa shape index (κ2) is 6.43. The fourth-order valence-electron chi connectivity index (χ4n) is 1.83. The second-order valence-corrected chi connectivity index (χ2v) is 8.83. The molecule has 0 amide bonds. The Morgan fingerprint density at radius 2 is 1.50 bits per heavy atom. The van der Waals surface area contributed by atoms with E-state index in [4.69, 9.17) is 10.7 Å². The molecule has 0 bridgehead atoms. The van der Waals surface area contributed by atoms with Crippen LogP contribution in [0.3, 0.4) is 0 Å². The molecule has 0 aliphatic heterocycles. The fraction of sp³-hybridized carbons (Fsp3) is 0.500. The average Bonchev–Trinajstić information content (AvgIpc) is 2.38. The maximum Gasteiger partial charge on any atom is 0.261 e. The van der Waals surface area contributed by atoms with Gasteiger partial charge < -0.3 is 0 Å². The lowest BCUT2D eigenvalue weighted by Crippen LogP contribution is -2.38. The van der Waals surface area contributed by atoms with Gasteiger partial charge >= 0.3 is 0 Å². The van der Waals surface area contributed by atoms with Gasteiger partial charge in [0.2, 0.25) is 10.0 Å². The molecule has 1 rings (SSSR count). The topological polar surface area (TPSA) is 71.5 Å². The largest absolute Gasteiger partial charge is 0.261 e. The summed E-state index contributed by atoms with van der Waals surface area (Å²) in [6, 6.07) is 4.78. The van der Waals surface area contributed by atoms with E-state index in [-0.39, 0.29) is 15.8 Å². The Morgan fingerprint density at radius 3 is 1.85 bits per heavy atom. The average molecular weight is 340 g/mol. The Morgan fingerprint density at radius 1 is 1.05 bits per heavy atom. The van der Waals surface area contributed by atoms with E-state index in [9.17, 15) is 16.8 Å². The van der Waals surface area contributed by atoms with Crippen molar-refractivity contribution >= 4 is 29.8 Å². The van der Waals surface area contributed by atoms with E-state index in [1.165, 1.54) is 28.6 Å². The third-order valence-corrected chi connectivity index (χ3v) is 6.58. The van der Waals surface area contributed by atoms with E-state index in [0.717, 1.165) is 0 Å². The Kier molecular flexibility index (Phi) is 5.60. The molecule has 0 fully saturated rings. The first-order valence-electron chi connectivity index (χ1n) is 6.21. The van der Waals surface area contributed by atoms with Crippen LogP contribution in [0.1, 0.15) is 27.2 Å². The highest BCUT2D eigenvalue weighted by atomic mass is 35.7. The first kappa shape index (κ1) is 17.4. The van der Waals surface area contributed by atoms with Crippen LogP contribution >= 0.6 is 10.7 Å². The molecule has 1 aromatic carbocycles. The van der Waals surface area contributed by atoms with Gasteiger partial charge in [0, 0.05) is 23.3 Å². The predicted octanol–water partition coefficient (Wildman–Crippen LogP) is 2.42. The maximum atomic E-state index is 12.5. The molecule has 0 saturated heterocycles. The molecule has 5 nitrogen and oxygen atoms in total. The maximum absolute atomic E-state index is 12.5. The van der Waals surface area contributed by atoms with Gasteiger partial charge in [-0.05, 0) is 37.6 Å². The number of nitrogens with zero attached hydrogens (tertiary/aromatic N) is 1. The van der Waals surface area contributed by atoms with E-state index >= 15 is 0 Å². The zero-order chi connectivity index (χ0) is 15.6. The number of hydrogen-bond acceptors (Lipinski definition) is 4. The summed E-state index contributed by atoms with van der Waals surface area (Å²) < 4.78 is 48.6. The first-order valence-corrected chi connectivity index (χ1v) is 9.96. The standard InChI is InChI=1S/C12H18ClNO4S2/c1-4-10(3)14(5-2)20(17,18)12-8-6-11(7-9-12)19(13,15)16/h6-10H,4-5H2,1-3H3. The van der Waals surface area contributed by atoms with Gasteiger partial charge in [0.15, 0.2) is 0 Å². The Labute approximate surface area is 125 Å². The Bertz CT molecular complexity index is 653. The second-order valence-electron chi connectivity index (χ2n) is 4.37. The minimum atomic E-state index is -3.85. The number of halogens is 1. The van der Waals surface area contributed by atoms with Crippen LogP contribution in [0.4, 0.5) is 0 Å². The van der Waals surface area contributed by atoms with Crippen LogP contribution in [0, 0.1) is 0 Å². The van der Waals surface area contributed by atoms with Crippen molar-refractivity contribution in [3.05, 3.63) is 24.3 Å². The van der Waals surface area contributed by atoms with Crippen LogP contribution in [0.5, 0.6) is 0 Å². The van der Waals surface area contributed by atoms with Crippen LogP contribution in [0.2, 0.25) is 0 Å². The molecule has 8 heteroatoms. The van der Waals surface area contributed by atoms with Crippen LogP contribution in [-0.4, -0.2) is 33.7 Å². The van der Waals surface area contributed by atoms with Gasteiger partial charge in [-0.25, -0.2) is 16.8 Å². The van der Waals surface area contributed by atoms with Crippen molar-refractivity contribution in [3.8, 4) is 0 Å². The molecule has 0 aliphatic carbocycles. The fourth-order valence-corrected chi connectivity index (χ4v) is 4.32. The molecule has 0 aromatic heterocycles. The zero-order valence-corrected chi connectivity index (χ0v) is 14.0. The highest BCUT2D eigenvalue weighted by Crippen LogP contribution is 2.22. The van der Waals surface area contributed by atoms with Gasteiger partial charge in [0.1, 0.15) is 0 Å². The van der Waals surface area contributed by atoms with Crippen molar-refractivity contribution in [1.29, 1.82) is 0 Å². The van der Waals surface area contributed by atoms with Gasteiger partial charge in [0.05, 0.1) is 9.79 Å². The van der Waals surface area contributed by atoms with Crippen molar-refractivity contribution in [1.82, 2.24) is 4.31 Å². The third-order valence-electron chi connectivity index (χ3n) is 3.11. The molecule has 1 unspecified atom stereocenters. The van der Waals surface area contributed by atoms with Gasteiger partial charge in [-0.3, -0.25) is 0 Å². The molecule has 0 heterocycles. The van der Waals surface area contributed by atoms with Gasteiger partial charge in [-0.1, -0.05) is 13.8 Å². The molecule has 20 heavy (non-hydrogen) atoms. The molecular formula is C12H18ClNO4S2. The molecule has 0 N–H and O–H groups in total. The molecule has 114 valence electrons. The zero-order valence-electron chi connectivity index (χ0n) is 11.6. The van der Waals surface area contributed by atoms with Crippen LogP contribution in [-0.2, 0) is 19.1 Å². The smallest absolute Gasteiger partial charge is 0.207 e. The SMILES string of the molecule is CCC(C)N(CC)S(=O)(=O)c1ccc(S(=O)(=O)Cl)cc1. The summed E-state index contributed by atoms with van der Waals surface area (Å²) in [5.74, 6) is 0. The lowest BCUT2D eigenvalue weighted by atomic mass is 10.3. The summed E-state index contributed by atoms with van der Waals surface area (Å²) in [6.07, 6.45) is 0.696. The van der Waals surface area contributed by atoms with Crippen molar-refractivity contribution in [2.45, 2.75) is 43.0 Å². The molecule has 1 atom stereocenters. The summed E-state index contributed by atoms with van der Waals surface area (Å²) in [4.78, 5) is -0.0616. The minimum Gasteiger partial charge on any atom is -0.207 e. The molecule has 0 spiro atoms. The number of benzene rings is 1. The van der Waals surface area contributed by atoms with Crippen LogP contribution < -0.4 is 0 Å². The van der Waals surface area contributed by atoms with Gasteiger partial charge in [-0.15, -0.1) is 0 Å². The lowest BCUT2D eigenvalue weighted by Gasteiger charge is -2.26. The van der Waals surface area contributed by atoms with Crippen LogP contribution in [0.15, 0.2) is 34.1 Å². The lowest BCUT2D eigenvalue weighted by molar-refractivity contribution is 0.342. The van der Waals surface area contributed by atoms with E-state index in [2.05, 4.69) is 0 Å². The van der Waals surface area contributed by atoms with Crippen molar-refractivity contribution in [3.63, 3.8) is 0 Å². The Hall–Kier alpha value is -0.630. The Balaban J connectivity index is 3.22. The highest BCUT2D eigenvalue weighted by Gasteiger charge is 2.27. The molecule has 0 radical (unpaired) electrons. The molecular weight excluding hydrogens is 322 g/mol. The van der Waals surface area contributed by atoms with Crippen LogP contribution in [0.25, 0.3) is 0 Å². The predicted molar refractivity (Wildman–Crippen MR) is 78.8 cm³/mol. The van der Waals surface area contributed by atoms with Crippen molar-refractivity contribution in [2.24, 2.45) is 0 Å². The quantitative estimate of drug-likeness (QED) is 0.746. The summed E-state index contributed by atoms with van der Waals surface area (Å²) in [5, 5.41) is 0. The highest BCUT2D eigenvalue weighted by molar-refractivity contribution is 8.13. The number of sulfonamides is 1. The summed E-state index contributed by atoms with van der Waals surface area (Å²) in [5.41, 5.74) is 0. The van der Waals surface area contributed by atoms with E-state index in [1.807, 2.05) is 13.8 Å². The van der Waals surface area contributed by atoms with E-state index in [1.54, 1.807) is 6.92 Å². The third kappa shape index (κ3) is 3.72. The number of hydrogen-bond donors (Lipinski definition) is 0. The summed E-state index contributed by atoms with van der Waals surface area (Å²) in [6.45, 7) is 5.86. The number of rotatable bonds is 6. The van der Waals surface area contributed by atoms with Crippen molar-refractivity contribution < 1.29 is 16.8 Å². The monoisotopic (exact) mass is 339 g/mol. The van der Waals surface area contributed by atoms with Gasteiger partial charge in [0.25, 0.3) is 9.05 Å².